The van der Waals surface area contributed by atoms with E-state index in [0.29, 0.717) is 13.0 Å². The van der Waals surface area contributed by atoms with Crippen LogP contribution < -0.4 is 0 Å². The number of ether oxygens (including phenoxy) is 1. The van der Waals surface area contributed by atoms with Crippen molar-refractivity contribution >= 4 is 0 Å². The number of rotatable bonds is 32. The normalized spacial score (nSPS) is 15.7. The predicted octanol–water partition coefficient (Wildman–Crippen LogP) is 7.60. The first-order chi connectivity index (χ1) is 19.5. The average Bonchev–Trinajstić information content (AvgIpc) is 2.97. The fourth-order valence-corrected chi connectivity index (χ4v) is 5.74. The second kappa shape index (κ2) is 28.9. The molecule has 0 saturated heterocycles. The molecule has 0 aromatic carbocycles. The minimum Gasteiger partial charge on any atom is -0.394 e. The first-order valence-corrected chi connectivity index (χ1v) is 17.4. The van der Waals surface area contributed by atoms with E-state index in [2.05, 4.69) is 13.8 Å². The predicted molar refractivity (Wildman–Crippen MR) is 168 cm³/mol. The molecule has 0 amide bonds. The summed E-state index contributed by atoms with van der Waals surface area (Å²) in [6.45, 7) is 3.65. The molecule has 6 heteroatoms. The quantitative estimate of drug-likeness (QED) is 0.0529. The molecule has 0 bridgehead atoms. The van der Waals surface area contributed by atoms with E-state index >= 15 is 0 Å². The highest BCUT2D eigenvalue weighted by molar-refractivity contribution is 4.97. The maximum absolute atomic E-state index is 11.4. The van der Waals surface area contributed by atoms with Gasteiger partial charge in [0.25, 0.3) is 0 Å². The Morgan fingerprint density at radius 1 is 0.500 bits per heavy atom. The Kier molecular flexibility index (Phi) is 28.7. The lowest BCUT2D eigenvalue weighted by atomic mass is 9.82. The molecule has 40 heavy (non-hydrogen) atoms. The zero-order chi connectivity index (χ0) is 29.7. The van der Waals surface area contributed by atoms with Gasteiger partial charge < -0.3 is 30.3 Å². The molecule has 0 aliphatic rings. The zero-order valence-corrected chi connectivity index (χ0v) is 26.7. The molecule has 0 spiro atoms. The minimum atomic E-state index is -1.80. The maximum atomic E-state index is 11.4. The number of unbranched alkanes of at least 4 members (excludes halogenated alkanes) is 22. The Morgan fingerprint density at radius 2 is 0.850 bits per heavy atom. The summed E-state index contributed by atoms with van der Waals surface area (Å²) in [7, 11) is 0. The van der Waals surface area contributed by atoms with Crippen LogP contribution in [0.4, 0.5) is 0 Å². The van der Waals surface area contributed by atoms with Crippen LogP contribution in [0.1, 0.15) is 174 Å². The van der Waals surface area contributed by atoms with Crippen LogP contribution >= 0.6 is 0 Å². The van der Waals surface area contributed by atoms with Crippen molar-refractivity contribution in [1.82, 2.24) is 0 Å². The van der Waals surface area contributed by atoms with Gasteiger partial charge in [-0.3, -0.25) is 0 Å². The highest BCUT2D eigenvalue weighted by Gasteiger charge is 2.46. The molecule has 0 heterocycles. The summed E-state index contributed by atoms with van der Waals surface area (Å²) in [4.78, 5) is 0. The number of aliphatic hydroxyl groups is 5. The summed E-state index contributed by atoms with van der Waals surface area (Å²) in [6, 6.07) is 0. The monoisotopic (exact) mass is 575 g/mol. The first-order valence-electron chi connectivity index (χ1n) is 17.4. The Hall–Kier alpha value is -0.240. The van der Waals surface area contributed by atoms with Gasteiger partial charge in [-0.25, -0.2) is 0 Å². The second-order valence-corrected chi connectivity index (χ2v) is 12.3. The molecular weight excluding hydrogens is 504 g/mol. The highest BCUT2D eigenvalue weighted by Crippen LogP contribution is 2.29. The lowest BCUT2D eigenvalue weighted by molar-refractivity contribution is -0.211. The van der Waals surface area contributed by atoms with E-state index in [1.807, 2.05) is 0 Å². The van der Waals surface area contributed by atoms with Gasteiger partial charge >= 0.3 is 0 Å². The molecule has 242 valence electrons. The number of aliphatic hydroxyl groups excluding tert-OH is 4. The summed E-state index contributed by atoms with van der Waals surface area (Å²) in [5, 5.41) is 51.6. The molecule has 0 aliphatic carbocycles. The van der Waals surface area contributed by atoms with E-state index in [0.717, 1.165) is 38.5 Å². The van der Waals surface area contributed by atoms with Gasteiger partial charge in [-0.05, 0) is 12.8 Å². The average molecular weight is 575 g/mol. The summed E-state index contributed by atoms with van der Waals surface area (Å²) in [6.07, 6.45) is 25.4. The van der Waals surface area contributed by atoms with Crippen LogP contribution in [-0.4, -0.2) is 69.3 Å². The van der Waals surface area contributed by atoms with Crippen LogP contribution in [0.3, 0.4) is 0 Å². The van der Waals surface area contributed by atoms with Crippen molar-refractivity contribution in [3.63, 3.8) is 0 Å². The van der Waals surface area contributed by atoms with E-state index in [1.54, 1.807) is 0 Å². The van der Waals surface area contributed by atoms with Gasteiger partial charge in [-0.15, -0.1) is 0 Å². The van der Waals surface area contributed by atoms with Crippen molar-refractivity contribution in [3.05, 3.63) is 0 Å². The molecule has 0 rings (SSSR count). The molecule has 0 radical (unpaired) electrons. The third kappa shape index (κ3) is 20.6. The van der Waals surface area contributed by atoms with Crippen LogP contribution in [0.15, 0.2) is 0 Å². The number of hydrogen-bond donors (Lipinski definition) is 5. The molecule has 6 nitrogen and oxygen atoms in total. The van der Waals surface area contributed by atoms with Crippen molar-refractivity contribution < 1.29 is 30.3 Å². The van der Waals surface area contributed by atoms with Gasteiger partial charge in [0.15, 0.2) is 0 Å². The molecule has 0 fully saturated rings. The standard InChI is InChI=1S/C34H70O6/c1-3-5-7-9-11-13-15-17-19-21-23-25-27-34(39,32(38)30-36)33(31(37)29-35)40-28-26-24-22-20-18-16-14-12-10-8-6-4-2/h31-33,35-39H,3-30H2,1-2H3. The Balaban J connectivity index is 4.27. The van der Waals surface area contributed by atoms with Crippen molar-refractivity contribution in [2.75, 3.05) is 19.8 Å². The molecule has 0 aromatic heterocycles. The first kappa shape index (κ1) is 39.8. The third-order valence-electron chi connectivity index (χ3n) is 8.51. The smallest absolute Gasteiger partial charge is 0.121 e. The molecule has 0 saturated carbocycles. The van der Waals surface area contributed by atoms with E-state index in [9.17, 15) is 25.5 Å². The van der Waals surface area contributed by atoms with Crippen LogP contribution in [0.25, 0.3) is 0 Å². The Morgan fingerprint density at radius 3 is 1.20 bits per heavy atom. The van der Waals surface area contributed by atoms with Crippen molar-refractivity contribution in [3.8, 4) is 0 Å². The van der Waals surface area contributed by atoms with Crippen LogP contribution in [0, 0.1) is 0 Å². The fourth-order valence-electron chi connectivity index (χ4n) is 5.74. The van der Waals surface area contributed by atoms with Gasteiger partial charge in [-0.1, -0.05) is 162 Å². The van der Waals surface area contributed by atoms with Crippen LogP contribution in [-0.2, 0) is 4.74 Å². The number of hydrogen-bond acceptors (Lipinski definition) is 6. The SMILES string of the molecule is CCCCCCCCCCCCCCOC(C(O)CO)C(O)(CCCCCCCCCCCCCC)C(O)CO. The topological polar surface area (TPSA) is 110 Å². The summed E-state index contributed by atoms with van der Waals surface area (Å²) < 4.78 is 5.90. The summed E-state index contributed by atoms with van der Waals surface area (Å²) >= 11 is 0. The zero-order valence-electron chi connectivity index (χ0n) is 26.7. The largest absolute Gasteiger partial charge is 0.394 e. The molecule has 5 N–H and O–H groups in total. The Bertz CT molecular complexity index is 505. The van der Waals surface area contributed by atoms with Gasteiger partial charge in [-0.2, -0.15) is 0 Å². The van der Waals surface area contributed by atoms with Gasteiger partial charge in [0.2, 0.25) is 0 Å². The van der Waals surface area contributed by atoms with Crippen LogP contribution in [0.5, 0.6) is 0 Å². The second-order valence-electron chi connectivity index (χ2n) is 12.3. The molecule has 0 aliphatic heterocycles. The Labute approximate surface area is 248 Å². The molecule has 4 atom stereocenters. The van der Waals surface area contributed by atoms with Crippen LogP contribution in [0.2, 0.25) is 0 Å². The highest BCUT2D eigenvalue weighted by atomic mass is 16.5. The maximum Gasteiger partial charge on any atom is 0.121 e. The third-order valence-corrected chi connectivity index (χ3v) is 8.51. The van der Waals surface area contributed by atoms with E-state index in [4.69, 9.17) is 4.74 Å². The molecule has 4 unspecified atom stereocenters. The minimum absolute atomic E-state index is 0.215. The van der Waals surface area contributed by atoms with Gasteiger partial charge in [0.1, 0.15) is 23.9 Å². The van der Waals surface area contributed by atoms with E-state index in [1.165, 1.54) is 109 Å². The van der Waals surface area contributed by atoms with Crippen molar-refractivity contribution in [1.29, 1.82) is 0 Å². The van der Waals surface area contributed by atoms with Gasteiger partial charge in [0.05, 0.1) is 13.2 Å². The van der Waals surface area contributed by atoms with E-state index < -0.39 is 37.1 Å². The molecule has 0 aromatic rings. The molecular formula is C34H70O6. The van der Waals surface area contributed by atoms with E-state index in [-0.39, 0.29) is 6.42 Å². The lowest BCUT2D eigenvalue weighted by Crippen LogP contribution is -2.59. The lowest BCUT2D eigenvalue weighted by Gasteiger charge is -2.41. The summed E-state index contributed by atoms with van der Waals surface area (Å²) in [5.74, 6) is 0. The van der Waals surface area contributed by atoms with Crippen molar-refractivity contribution in [2.45, 2.75) is 198 Å². The summed E-state index contributed by atoms with van der Waals surface area (Å²) in [5.41, 5.74) is -1.80. The fraction of sp³-hybridized carbons (Fsp3) is 1.00. The van der Waals surface area contributed by atoms with Gasteiger partial charge in [0, 0.05) is 6.61 Å². The van der Waals surface area contributed by atoms with Crippen molar-refractivity contribution in [2.24, 2.45) is 0 Å².